The molecule has 1 amide bonds. The van der Waals surface area contributed by atoms with Crippen LogP contribution in [-0.4, -0.2) is 35.3 Å². The molecule has 7 heteroatoms. The Balaban J connectivity index is 1.53. The summed E-state index contributed by atoms with van der Waals surface area (Å²) in [6.45, 7) is 1.04. The number of benzene rings is 2. The summed E-state index contributed by atoms with van der Waals surface area (Å²) in [5, 5.41) is 0.761. The molecule has 1 fully saturated rings. The lowest BCUT2D eigenvalue weighted by molar-refractivity contribution is -0.00567. The van der Waals surface area contributed by atoms with Crippen molar-refractivity contribution in [1.82, 2.24) is 4.90 Å². The van der Waals surface area contributed by atoms with Gasteiger partial charge in [-0.3, -0.25) is 9.59 Å². The molecule has 1 spiro atoms. The van der Waals surface area contributed by atoms with Crippen molar-refractivity contribution in [1.29, 1.82) is 0 Å². The molecule has 0 atom stereocenters. The van der Waals surface area contributed by atoms with Crippen LogP contribution in [0.25, 0.3) is 0 Å². The van der Waals surface area contributed by atoms with Crippen LogP contribution in [0.4, 0.5) is 0 Å². The second kappa shape index (κ2) is 7.12. The van der Waals surface area contributed by atoms with Crippen LogP contribution in [0.5, 0.6) is 5.75 Å². The molecule has 4 nitrogen and oxygen atoms in total. The first-order valence-corrected chi connectivity index (χ1v) is 10.2. The summed E-state index contributed by atoms with van der Waals surface area (Å²) in [6, 6.07) is 10.6. The van der Waals surface area contributed by atoms with E-state index in [1.807, 2.05) is 18.2 Å². The highest BCUT2D eigenvalue weighted by molar-refractivity contribution is 9.10. The number of rotatable bonds is 1. The maximum Gasteiger partial charge on any atom is 0.255 e. The van der Waals surface area contributed by atoms with Crippen LogP contribution >= 0.6 is 39.1 Å². The summed E-state index contributed by atoms with van der Waals surface area (Å²) in [5.41, 5.74) is 0.452. The predicted molar refractivity (Wildman–Crippen MR) is 108 cm³/mol. The van der Waals surface area contributed by atoms with Gasteiger partial charge in [-0.05, 0) is 40.2 Å². The summed E-state index contributed by atoms with van der Waals surface area (Å²) in [7, 11) is 0. The topological polar surface area (TPSA) is 46.6 Å². The number of hydrogen-bond donors (Lipinski definition) is 0. The summed E-state index contributed by atoms with van der Waals surface area (Å²) in [4.78, 5) is 27.3. The van der Waals surface area contributed by atoms with E-state index in [9.17, 15) is 9.59 Å². The van der Waals surface area contributed by atoms with Crippen molar-refractivity contribution in [3.8, 4) is 5.75 Å². The molecule has 2 aliphatic rings. The van der Waals surface area contributed by atoms with Gasteiger partial charge in [-0.1, -0.05) is 35.3 Å². The van der Waals surface area contributed by atoms with Gasteiger partial charge >= 0.3 is 0 Å². The average Bonchev–Trinajstić information content (AvgIpc) is 2.63. The molecule has 0 aromatic heterocycles. The van der Waals surface area contributed by atoms with Crippen molar-refractivity contribution in [2.24, 2.45) is 0 Å². The van der Waals surface area contributed by atoms with Crippen LogP contribution < -0.4 is 4.74 Å². The van der Waals surface area contributed by atoms with Crippen molar-refractivity contribution in [3.05, 3.63) is 62.0 Å². The van der Waals surface area contributed by atoms with Crippen LogP contribution in [-0.2, 0) is 0 Å². The maximum absolute atomic E-state index is 12.8. The number of carbonyl (C=O) groups excluding carboxylic acids is 2. The van der Waals surface area contributed by atoms with Crippen molar-refractivity contribution >= 4 is 50.8 Å². The number of fused-ring (bicyclic) bond motifs is 1. The van der Waals surface area contributed by atoms with Gasteiger partial charge in [0.05, 0.1) is 22.6 Å². The Morgan fingerprint density at radius 1 is 1.15 bits per heavy atom. The highest BCUT2D eigenvalue weighted by Crippen LogP contribution is 2.44. The number of likely N-dealkylation sites (tertiary alicyclic amines) is 1. The van der Waals surface area contributed by atoms with E-state index in [2.05, 4.69) is 15.9 Å². The van der Waals surface area contributed by atoms with E-state index in [4.69, 9.17) is 27.9 Å². The number of nitrogens with zero attached hydrogens (tertiary/aromatic N) is 1. The predicted octanol–water partition coefficient (Wildman–Crippen LogP) is 5.40. The molecular weight excluding hydrogens is 453 g/mol. The highest BCUT2D eigenvalue weighted by atomic mass is 79.9. The number of halogens is 3. The summed E-state index contributed by atoms with van der Waals surface area (Å²) < 4.78 is 6.99. The van der Waals surface area contributed by atoms with E-state index >= 15 is 0 Å². The quantitative estimate of drug-likeness (QED) is 0.563. The van der Waals surface area contributed by atoms with E-state index in [-0.39, 0.29) is 18.1 Å². The lowest BCUT2D eigenvalue weighted by Gasteiger charge is -2.44. The summed E-state index contributed by atoms with van der Waals surface area (Å²) >= 11 is 15.7. The summed E-state index contributed by atoms with van der Waals surface area (Å²) in [5.74, 6) is 0.360. The first kappa shape index (κ1) is 18.8. The first-order valence-electron chi connectivity index (χ1n) is 8.64. The van der Waals surface area contributed by atoms with E-state index < -0.39 is 5.60 Å². The van der Waals surface area contributed by atoms with E-state index in [1.165, 1.54) is 0 Å². The molecule has 0 radical (unpaired) electrons. The zero-order chi connectivity index (χ0) is 19.2. The number of ketones is 1. The summed E-state index contributed by atoms with van der Waals surface area (Å²) in [6.07, 6.45) is 1.42. The molecule has 0 bridgehead atoms. The third-order valence-electron chi connectivity index (χ3n) is 5.18. The number of amides is 1. The molecule has 2 aliphatic heterocycles. The van der Waals surface area contributed by atoms with Crippen molar-refractivity contribution in [2.75, 3.05) is 13.1 Å². The SMILES string of the molecule is O=C1CC2(CCN(C(=O)c3ccccc3Br)CC2)Oc2c(Cl)cc(Cl)cc21. The molecule has 2 heterocycles. The van der Waals surface area contributed by atoms with Gasteiger partial charge in [-0.25, -0.2) is 0 Å². The normalized spacial score (nSPS) is 18.2. The Morgan fingerprint density at radius 2 is 1.85 bits per heavy atom. The number of Topliss-reactive ketones (excluding diaryl/α,β-unsaturated/α-hetero) is 1. The second-order valence-corrected chi connectivity index (χ2v) is 8.62. The third kappa shape index (κ3) is 3.48. The monoisotopic (exact) mass is 467 g/mol. The van der Waals surface area contributed by atoms with Gasteiger partial charge in [0.2, 0.25) is 0 Å². The maximum atomic E-state index is 12.8. The molecule has 27 heavy (non-hydrogen) atoms. The number of ether oxygens (including phenoxy) is 1. The minimum absolute atomic E-state index is 0.0220. The van der Waals surface area contributed by atoms with Crippen molar-refractivity contribution in [2.45, 2.75) is 24.9 Å². The van der Waals surface area contributed by atoms with Gasteiger partial charge in [0.1, 0.15) is 11.4 Å². The van der Waals surface area contributed by atoms with Crippen LogP contribution in [0, 0.1) is 0 Å². The second-order valence-electron chi connectivity index (χ2n) is 6.92. The highest BCUT2D eigenvalue weighted by Gasteiger charge is 2.44. The molecule has 2 aromatic rings. The Hall–Kier alpha value is -1.56. The Bertz CT molecular complexity index is 939. The number of carbonyl (C=O) groups is 2. The standard InChI is InChI=1S/C20H16BrCl2NO3/c21-15-4-2-1-3-13(15)19(26)24-7-5-20(6-8-24)11-17(25)14-9-12(22)10-16(23)18(14)27-20/h1-4,9-10H,5-8,11H2. The Morgan fingerprint density at radius 3 is 2.56 bits per heavy atom. The largest absolute Gasteiger partial charge is 0.484 e. The van der Waals surface area contributed by atoms with Crippen LogP contribution in [0.3, 0.4) is 0 Å². The van der Waals surface area contributed by atoms with Crippen LogP contribution in [0.1, 0.15) is 40.0 Å². The first-order chi connectivity index (χ1) is 12.9. The van der Waals surface area contributed by atoms with Crippen LogP contribution in [0.2, 0.25) is 10.0 Å². The smallest absolute Gasteiger partial charge is 0.255 e. The minimum atomic E-state index is -0.619. The Labute approximate surface area is 175 Å². The molecule has 0 unspecified atom stereocenters. The lowest BCUT2D eigenvalue weighted by atomic mass is 9.82. The van der Waals surface area contributed by atoms with Crippen molar-refractivity contribution < 1.29 is 14.3 Å². The lowest BCUT2D eigenvalue weighted by Crippen LogP contribution is -2.52. The van der Waals surface area contributed by atoms with Gasteiger partial charge in [0.25, 0.3) is 5.91 Å². The van der Waals surface area contributed by atoms with Gasteiger partial charge in [-0.2, -0.15) is 0 Å². The Kier molecular flexibility index (Phi) is 4.95. The molecule has 0 aliphatic carbocycles. The molecule has 4 rings (SSSR count). The van der Waals surface area contributed by atoms with Gasteiger partial charge in [0, 0.05) is 35.4 Å². The van der Waals surface area contributed by atoms with E-state index in [1.54, 1.807) is 23.1 Å². The fourth-order valence-electron chi connectivity index (χ4n) is 3.71. The number of piperidine rings is 1. The fraction of sp³-hybridized carbons (Fsp3) is 0.300. The zero-order valence-corrected chi connectivity index (χ0v) is 17.4. The zero-order valence-electron chi connectivity index (χ0n) is 14.3. The molecule has 2 aromatic carbocycles. The van der Waals surface area contributed by atoms with Crippen LogP contribution in [0.15, 0.2) is 40.9 Å². The van der Waals surface area contributed by atoms with Gasteiger partial charge < -0.3 is 9.64 Å². The molecular formula is C20H16BrCl2NO3. The van der Waals surface area contributed by atoms with Crippen molar-refractivity contribution in [3.63, 3.8) is 0 Å². The third-order valence-corrected chi connectivity index (χ3v) is 6.37. The number of hydrogen-bond acceptors (Lipinski definition) is 3. The van der Waals surface area contributed by atoms with Gasteiger partial charge in [-0.15, -0.1) is 0 Å². The fourth-order valence-corrected chi connectivity index (χ4v) is 4.70. The molecule has 1 saturated heterocycles. The minimum Gasteiger partial charge on any atom is -0.484 e. The van der Waals surface area contributed by atoms with Gasteiger partial charge in [0.15, 0.2) is 5.78 Å². The van der Waals surface area contributed by atoms with E-state index in [0.29, 0.717) is 52.9 Å². The molecule has 140 valence electrons. The average molecular weight is 469 g/mol. The molecule has 0 saturated carbocycles. The van der Waals surface area contributed by atoms with E-state index in [0.717, 1.165) is 4.47 Å². The molecule has 0 N–H and O–H groups in total.